The normalized spacial score (nSPS) is 14.9. The second-order valence-corrected chi connectivity index (χ2v) is 6.25. The van der Waals surface area contributed by atoms with E-state index in [1.807, 2.05) is 0 Å². The highest BCUT2D eigenvalue weighted by atomic mass is 16.6. The molecule has 0 unspecified atom stereocenters. The summed E-state index contributed by atoms with van der Waals surface area (Å²) in [6.07, 6.45) is 0. The largest absolute Gasteiger partial charge is 0.399 e. The van der Waals surface area contributed by atoms with Crippen LogP contribution in [0.4, 0.5) is 0 Å². The molecule has 1 heterocycles. The molecule has 0 bridgehead atoms. The van der Waals surface area contributed by atoms with Gasteiger partial charge in [-0.3, -0.25) is 0 Å². The van der Waals surface area contributed by atoms with E-state index >= 15 is 0 Å². The molecular formula is C18H22N2O. The van der Waals surface area contributed by atoms with Gasteiger partial charge in [-0.15, -0.1) is 0 Å². The fourth-order valence-electron chi connectivity index (χ4n) is 2.86. The summed E-state index contributed by atoms with van der Waals surface area (Å²) in [5, 5.41) is 4.28. The van der Waals surface area contributed by atoms with Gasteiger partial charge in [-0.25, -0.2) is 0 Å². The van der Waals surface area contributed by atoms with Gasteiger partial charge in [0.1, 0.15) is 12.8 Å². The average molecular weight is 282 g/mol. The molecule has 3 heteroatoms. The minimum absolute atomic E-state index is 0.470. The van der Waals surface area contributed by atoms with E-state index < -0.39 is 0 Å². The Kier molecular flexibility index (Phi) is 3.36. The van der Waals surface area contributed by atoms with Crippen LogP contribution in [0.25, 0.3) is 11.3 Å². The van der Waals surface area contributed by atoms with E-state index in [2.05, 4.69) is 62.1 Å². The summed E-state index contributed by atoms with van der Waals surface area (Å²) in [7, 11) is 1.60. The Hall–Kier alpha value is -2.03. The first-order valence-electron chi connectivity index (χ1n) is 7.52. The van der Waals surface area contributed by atoms with Gasteiger partial charge in [-0.2, -0.15) is 0 Å². The van der Waals surface area contributed by atoms with Crippen molar-refractivity contribution < 1.29 is 4.84 Å². The Morgan fingerprint density at radius 1 is 0.952 bits per heavy atom. The Morgan fingerprint density at radius 2 is 1.71 bits per heavy atom. The molecule has 110 valence electrons. The minimum Gasteiger partial charge on any atom is -0.399 e. The van der Waals surface area contributed by atoms with Gasteiger partial charge >= 0.3 is 0 Å². The Balaban J connectivity index is 2.20. The number of benzene rings is 1. The predicted octanol–water partition coefficient (Wildman–Crippen LogP) is 4.64. The zero-order valence-corrected chi connectivity index (χ0v) is 13.3. The molecule has 0 saturated carbocycles. The van der Waals surface area contributed by atoms with E-state index in [-0.39, 0.29) is 0 Å². The maximum atomic E-state index is 5.08. The quantitative estimate of drug-likeness (QED) is 0.698. The van der Waals surface area contributed by atoms with Crippen molar-refractivity contribution >= 4 is 5.71 Å². The number of aromatic nitrogens is 1. The maximum Gasteiger partial charge on any atom is 0.120 e. The molecule has 1 aliphatic rings. The zero-order valence-electron chi connectivity index (χ0n) is 13.3. The lowest BCUT2D eigenvalue weighted by molar-refractivity contribution is 0.214. The number of aromatic amines is 1. The number of hydrogen-bond acceptors (Lipinski definition) is 2. The highest BCUT2D eigenvalue weighted by Gasteiger charge is 2.29. The van der Waals surface area contributed by atoms with Gasteiger partial charge in [0.15, 0.2) is 0 Å². The van der Waals surface area contributed by atoms with Crippen molar-refractivity contribution in [1.29, 1.82) is 0 Å². The van der Waals surface area contributed by atoms with Crippen molar-refractivity contribution in [2.24, 2.45) is 5.16 Å². The SMILES string of the molecule is CO/N=C1\c2cc(C(C)C)ccc2-c2[nH]c(C(C)C)cc21. The number of rotatable bonds is 3. The first-order chi connectivity index (χ1) is 10.0. The van der Waals surface area contributed by atoms with Crippen LogP contribution in [0.2, 0.25) is 0 Å². The monoisotopic (exact) mass is 282 g/mol. The molecule has 0 saturated heterocycles. The molecule has 0 radical (unpaired) electrons. The minimum atomic E-state index is 0.470. The lowest BCUT2D eigenvalue weighted by atomic mass is 9.97. The topological polar surface area (TPSA) is 37.4 Å². The number of oxime groups is 1. The third-order valence-electron chi connectivity index (χ3n) is 4.13. The van der Waals surface area contributed by atoms with Crippen LogP contribution in [-0.4, -0.2) is 17.8 Å². The highest BCUT2D eigenvalue weighted by Crippen LogP contribution is 2.39. The summed E-state index contributed by atoms with van der Waals surface area (Å²) < 4.78 is 0. The van der Waals surface area contributed by atoms with E-state index in [1.165, 1.54) is 28.1 Å². The maximum absolute atomic E-state index is 5.08. The van der Waals surface area contributed by atoms with Crippen LogP contribution in [0.1, 0.15) is 61.9 Å². The smallest absolute Gasteiger partial charge is 0.120 e. The van der Waals surface area contributed by atoms with Gasteiger partial charge in [0.2, 0.25) is 0 Å². The predicted molar refractivity (Wildman–Crippen MR) is 87.1 cm³/mol. The van der Waals surface area contributed by atoms with Crippen molar-refractivity contribution in [3.05, 3.63) is 46.6 Å². The van der Waals surface area contributed by atoms with Gasteiger partial charge in [0.25, 0.3) is 0 Å². The van der Waals surface area contributed by atoms with Crippen LogP contribution >= 0.6 is 0 Å². The first-order valence-corrected chi connectivity index (χ1v) is 7.52. The van der Waals surface area contributed by atoms with Crippen LogP contribution in [0.15, 0.2) is 29.4 Å². The molecule has 1 aromatic heterocycles. The summed E-state index contributed by atoms with van der Waals surface area (Å²) in [4.78, 5) is 8.63. The van der Waals surface area contributed by atoms with Crippen LogP contribution < -0.4 is 0 Å². The standard InChI is InChI=1S/C18H22N2O/c1-10(2)12-6-7-13-14(8-12)18(20-21-5)15-9-16(11(3)4)19-17(13)15/h6-11,19H,1-5H3/b20-18+. The van der Waals surface area contributed by atoms with E-state index in [9.17, 15) is 0 Å². The molecule has 0 fully saturated rings. The van der Waals surface area contributed by atoms with Crippen molar-refractivity contribution in [3.63, 3.8) is 0 Å². The highest BCUT2D eigenvalue weighted by molar-refractivity contribution is 6.24. The van der Waals surface area contributed by atoms with Gasteiger partial charge in [-0.05, 0) is 29.5 Å². The van der Waals surface area contributed by atoms with E-state index in [0.717, 1.165) is 11.3 Å². The van der Waals surface area contributed by atoms with Crippen LogP contribution in [0, 0.1) is 0 Å². The van der Waals surface area contributed by atoms with Crippen molar-refractivity contribution in [1.82, 2.24) is 4.98 Å². The van der Waals surface area contributed by atoms with Crippen LogP contribution in [0.3, 0.4) is 0 Å². The van der Waals surface area contributed by atoms with Gasteiger partial charge in [0, 0.05) is 22.4 Å². The lowest BCUT2D eigenvalue weighted by Crippen LogP contribution is -2.00. The number of H-pyrrole nitrogens is 1. The first kappa shape index (κ1) is 13.9. The third-order valence-corrected chi connectivity index (χ3v) is 4.13. The van der Waals surface area contributed by atoms with Crippen molar-refractivity contribution in [2.75, 3.05) is 7.11 Å². The second-order valence-electron chi connectivity index (χ2n) is 6.25. The average Bonchev–Trinajstić information content (AvgIpc) is 2.98. The summed E-state index contributed by atoms with van der Waals surface area (Å²) >= 11 is 0. The number of hydrogen-bond donors (Lipinski definition) is 1. The molecule has 1 aromatic carbocycles. The van der Waals surface area contributed by atoms with Gasteiger partial charge < -0.3 is 9.82 Å². The van der Waals surface area contributed by atoms with Crippen LogP contribution in [0.5, 0.6) is 0 Å². The molecule has 0 atom stereocenters. The molecule has 0 amide bonds. The molecule has 21 heavy (non-hydrogen) atoms. The Morgan fingerprint density at radius 3 is 2.33 bits per heavy atom. The molecular weight excluding hydrogens is 260 g/mol. The van der Waals surface area contributed by atoms with E-state index in [1.54, 1.807) is 7.11 Å². The number of nitrogens with one attached hydrogen (secondary N) is 1. The number of nitrogens with zero attached hydrogens (tertiary/aromatic N) is 1. The molecule has 3 rings (SSSR count). The Bertz CT molecular complexity index is 708. The summed E-state index contributed by atoms with van der Waals surface area (Å²) in [5.74, 6) is 0.974. The van der Waals surface area contributed by atoms with E-state index in [4.69, 9.17) is 4.84 Å². The fraction of sp³-hybridized carbons (Fsp3) is 0.389. The summed E-state index contributed by atoms with van der Waals surface area (Å²) in [6, 6.07) is 8.84. The molecule has 1 aliphatic carbocycles. The summed E-state index contributed by atoms with van der Waals surface area (Å²) in [6.45, 7) is 8.80. The number of fused-ring (bicyclic) bond motifs is 3. The van der Waals surface area contributed by atoms with E-state index in [0.29, 0.717) is 11.8 Å². The third kappa shape index (κ3) is 2.17. The van der Waals surface area contributed by atoms with Crippen LogP contribution in [-0.2, 0) is 4.84 Å². The molecule has 0 spiro atoms. The second kappa shape index (κ2) is 5.06. The summed E-state index contributed by atoms with van der Waals surface area (Å²) in [5.41, 5.74) is 8.20. The molecule has 1 N–H and O–H groups in total. The lowest BCUT2D eigenvalue weighted by Gasteiger charge is -2.09. The molecule has 0 aliphatic heterocycles. The molecule has 3 nitrogen and oxygen atoms in total. The zero-order chi connectivity index (χ0) is 15.1. The van der Waals surface area contributed by atoms with Gasteiger partial charge in [-0.1, -0.05) is 45.0 Å². The molecule has 2 aromatic rings. The fourth-order valence-corrected chi connectivity index (χ4v) is 2.86. The van der Waals surface area contributed by atoms with Crippen molar-refractivity contribution in [3.8, 4) is 11.3 Å². The van der Waals surface area contributed by atoms with Crippen molar-refractivity contribution in [2.45, 2.75) is 39.5 Å². The Labute approximate surface area is 126 Å². The van der Waals surface area contributed by atoms with Gasteiger partial charge in [0.05, 0.1) is 5.69 Å².